The van der Waals surface area contributed by atoms with Crippen molar-refractivity contribution < 1.29 is 19.1 Å². The van der Waals surface area contributed by atoms with E-state index in [2.05, 4.69) is 11.1 Å². The molecule has 0 radical (unpaired) electrons. The zero-order valence-corrected chi connectivity index (χ0v) is 26.4. The van der Waals surface area contributed by atoms with Gasteiger partial charge < -0.3 is 14.5 Å². The fourth-order valence-corrected chi connectivity index (χ4v) is 11.1. The first-order valence-electron chi connectivity index (χ1n) is 14.7. The number of rotatable bonds is 6. The van der Waals surface area contributed by atoms with E-state index < -0.39 is 0 Å². The molecule has 3 aromatic carbocycles. The molecule has 2 aliphatic carbocycles. The summed E-state index contributed by atoms with van der Waals surface area (Å²) in [5.74, 6) is 0.481. The number of hydrogen-bond acceptors (Lipinski definition) is 7. The molecule has 224 valence electrons. The molecule has 5 unspecified atom stereocenters. The van der Waals surface area contributed by atoms with Crippen molar-refractivity contribution in [3.63, 3.8) is 0 Å². The minimum Gasteiger partial charge on any atom is -0.493 e. The first-order valence-corrected chi connectivity index (χ1v) is 16.8. The van der Waals surface area contributed by atoms with E-state index in [4.69, 9.17) is 21.1 Å². The standard InChI is InChI=1S/C34H29ClN2O5S2/c1-16-3-10-20(11-4-16)37-32(38)27-21-14-22(28(27)33(37)39)29-26(21)25(30-31(43-29)36-34(40)44-30)18-7-12-23(24(13-18)41-2)42-15-17-5-8-19(35)9-6-17/h3-13,21-22,25-29H,14-15H2,1-2H3,(H,36,40)/t21-,22-,25?,26?,27?,28?,29?/m1/s1. The number of H-pyrrole nitrogens is 1. The van der Waals surface area contributed by atoms with Crippen LogP contribution in [0.15, 0.2) is 76.6 Å². The van der Waals surface area contributed by atoms with Gasteiger partial charge in [-0.2, -0.15) is 0 Å². The minimum atomic E-state index is -0.348. The lowest BCUT2D eigenvalue weighted by Gasteiger charge is -2.43. The average molecular weight is 645 g/mol. The van der Waals surface area contributed by atoms with Gasteiger partial charge in [-0.05, 0) is 78.6 Å². The topological polar surface area (TPSA) is 88.7 Å². The molecule has 44 heavy (non-hydrogen) atoms. The number of thiazole rings is 1. The van der Waals surface area contributed by atoms with Crippen LogP contribution in [0.2, 0.25) is 5.02 Å². The smallest absolute Gasteiger partial charge is 0.305 e. The first-order chi connectivity index (χ1) is 21.3. The Hall–Kier alpha value is -3.53. The maximum atomic E-state index is 14.0. The van der Waals surface area contributed by atoms with Gasteiger partial charge in [0.2, 0.25) is 11.8 Å². The van der Waals surface area contributed by atoms with Gasteiger partial charge in [0.25, 0.3) is 0 Å². The van der Waals surface area contributed by atoms with E-state index >= 15 is 0 Å². The van der Waals surface area contributed by atoms with Crippen molar-refractivity contribution in [2.24, 2.45) is 29.6 Å². The molecule has 10 heteroatoms. The van der Waals surface area contributed by atoms with Crippen molar-refractivity contribution >= 4 is 52.2 Å². The molecule has 3 heterocycles. The molecule has 3 fully saturated rings. The number of anilines is 1. The van der Waals surface area contributed by atoms with Gasteiger partial charge in [-0.15, -0.1) is 11.8 Å². The van der Waals surface area contributed by atoms with Gasteiger partial charge in [-0.1, -0.05) is 58.8 Å². The van der Waals surface area contributed by atoms with E-state index in [-0.39, 0.29) is 57.4 Å². The second-order valence-electron chi connectivity index (χ2n) is 12.1. The number of aromatic nitrogens is 1. The number of carbonyl (C=O) groups excluding carboxylic acids is 2. The Kier molecular flexibility index (Phi) is 6.70. The Labute approximate surface area is 267 Å². The lowest BCUT2D eigenvalue weighted by atomic mass is 9.68. The van der Waals surface area contributed by atoms with Gasteiger partial charge in [0.05, 0.1) is 29.7 Å². The molecule has 2 bridgehead atoms. The summed E-state index contributed by atoms with van der Waals surface area (Å²) < 4.78 is 11.9. The highest BCUT2D eigenvalue weighted by atomic mass is 35.5. The highest BCUT2D eigenvalue weighted by Gasteiger charge is 2.69. The summed E-state index contributed by atoms with van der Waals surface area (Å²) in [7, 11) is 1.62. The quantitative estimate of drug-likeness (QED) is 0.236. The van der Waals surface area contributed by atoms with Crippen molar-refractivity contribution in [2.75, 3.05) is 12.0 Å². The molecule has 0 spiro atoms. The van der Waals surface area contributed by atoms with Crippen molar-refractivity contribution in [1.29, 1.82) is 0 Å². The molecule has 8 rings (SSSR count). The molecule has 7 nitrogen and oxygen atoms in total. The molecule has 7 atom stereocenters. The molecule has 4 aliphatic rings. The number of aryl methyl sites for hydroxylation is 1. The monoisotopic (exact) mass is 644 g/mol. The van der Waals surface area contributed by atoms with Crippen LogP contribution in [-0.4, -0.2) is 29.2 Å². The van der Waals surface area contributed by atoms with Gasteiger partial charge in [-0.25, -0.2) is 0 Å². The van der Waals surface area contributed by atoms with E-state index in [0.717, 1.165) is 33.0 Å². The van der Waals surface area contributed by atoms with Gasteiger partial charge in [0.1, 0.15) is 6.61 Å². The zero-order chi connectivity index (χ0) is 30.3. The van der Waals surface area contributed by atoms with Crippen LogP contribution in [0.5, 0.6) is 11.5 Å². The number of methoxy groups -OCH3 is 1. The van der Waals surface area contributed by atoms with Crippen molar-refractivity contribution in [3.05, 3.63) is 103 Å². The number of carbonyl (C=O) groups is 2. The van der Waals surface area contributed by atoms with E-state index in [1.54, 1.807) is 18.9 Å². The first kappa shape index (κ1) is 28.0. The van der Waals surface area contributed by atoms with Crippen LogP contribution < -0.4 is 19.2 Å². The van der Waals surface area contributed by atoms with Crippen LogP contribution in [0.3, 0.4) is 0 Å². The van der Waals surface area contributed by atoms with Crippen LogP contribution in [0, 0.1) is 36.5 Å². The predicted molar refractivity (Wildman–Crippen MR) is 171 cm³/mol. The largest absolute Gasteiger partial charge is 0.493 e. The number of ether oxygens (including phenoxy) is 2. The maximum absolute atomic E-state index is 14.0. The normalized spacial score (nSPS) is 28.2. The second kappa shape index (κ2) is 10.5. The number of nitrogens with zero attached hydrogens (tertiary/aromatic N) is 1. The second-order valence-corrected chi connectivity index (χ2v) is 14.8. The Morgan fingerprint density at radius 3 is 2.39 bits per heavy atom. The van der Waals surface area contributed by atoms with Crippen LogP contribution in [-0.2, 0) is 16.2 Å². The number of fused-ring (bicyclic) bond motifs is 9. The molecule has 2 saturated carbocycles. The average Bonchev–Trinajstić information content (AvgIpc) is 3.76. The van der Waals surface area contributed by atoms with Crippen LogP contribution >= 0.6 is 34.7 Å². The Bertz CT molecular complexity index is 1850. The molecule has 1 N–H and O–H groups in total. The van der Waals surface area contributed by atoms with E-state index in [9.17, 15) is 14.4 Å². The van der Waals surface area contributed by atoms with Crippen LogP contribution in [0.1, 0.15) is 33.9 Å². The summed E-state index contributed by atoms with van der Waals surface area (Å²) in [6.07, 6.45) is 0.839. The van der Waals surface area contributed by atoms with Gasteiger partial charge >= 0.3 is 4.87 Å². The lowest BCUT2D eigenvalue weighted by molar-refractivity contribution is -0.123. The molecule has 4 aromatic rings. The lowest BCUT2D eigenvalue weighted by Crippen LogP contribution is -2.42. The third-order valence-electron chi connectivity index (χ3n) is 9.87. The molecule has 1 saturated heterocycles. The number of thioether (sulfide) groups is 1. The zero-order valence-electron chi connectivity index (χ0n) is 24.0. The number of benzene rings is 3. The van der Waals surface area contributed by atoms with Crippen LogP contribution in [0.4, 0.5) is 5.69 Å². The van der Waals surface area contributed by atoms with Crippen molar-refractivity contribution in [3.8, 4) is 11.5 Å². The predicted octanol–water partition coefficient (Wildman–Crippen LogP) is 6.66. The Balaban J connectivity index is 1.14. The highest BCUT2D eigenvalue weighted by molar-refractivity contribution is 8.00. The fourth-order valence-electron chi connectivity index (χ4n) is 8.08. The van der Waals surface area contributed by atoms with Crippen LogP contribution in [0.25, 0.3) is 0 Å². The van der Waals surface area contributed by atoms with Gasteiger partial charge in [-0.3, -0.25) is 19.3 Å². The minimum absolute atomic E-state index is 0.0385. The fraction of sp³-hybridized carbons (Fsp3) is 0.324. The third kappa shape index (κ3) is 4.27. The molecule has 1 aromatic heterocycles. The molecule has 2 amide bonds. The number of aromatic amines is 1. The third-order valence-corrected chi connectivity index (χ3v) is 12.7. The molecular weight excluding hydrogens is 616 g/mol. The molecular formula is C34H29ClN2O5S2. The summed E-state index contributed by atoms with van der Waals surface area (Å²) in [5.41, 5.74) is 3.73. The SMILES string of the molecule is COc1cc(C2c3sc(=O)[nH]c3SC3C2[C@H]2C[C@@H]3C3C(=O)N(c4ccc(C)cc4)C(=O)C32)ccc1OCc1ccc(Cl)cc1. The highest BCUT2D eigenvalue weighted by Crippen LogP contribution is 2.68. The maximum Gasteiger partial charge on any atom is 0.305 e. The summed E-state index contributed by atoms with van der Waals surface area (Å²) in [6.45, 7) is 2.35. The van der Waals surface area contributed by atoms with E-state index in [0.29, 0.717) is 28.8 Å². The number of nitrogens with one attached hydrogen (secondary N) is 1. The number of imide groups is 1. The van der Waals surface area contributed by atoms with Crippen molar-refractivity contribution in [1.82, 2.24) is 4.98 Å². The molecule has 2 aliphatic heterocycles. The summed E-state index contributed by atoms with van der Waals surface area (Å²) in [6, 6.07) is 21.1. The Morgan fingerprint density at radius 1 is 0.932 bits per heavy atom. The van der Waals surface area contributed by atoms with Gasteiger partial charge in [0.15, 0.2) is 11.5 Å². The van der Waals surface area contributed by atoms with Crippen molar-refractivity contribution in [2.45, 2.75) is 36.1 Å². The summed E-state index contributed by atoms with van der Waals surface area (Å²) >= 11 is 8.96. The number of halogens is 1. The summed E-state index contributed by atoms with van der Waals surface area (Å²) in [5, 5.41) is 1.67. The van der Waals surface area contributed by atoms with E-state index in [1.807, 2.05) is 67.6 Å². The number of amides is 2. The van der Waals surface area contributed by atoms with E-state index in [1.165, 1.54) is 16.2 Å². The number of hydrogen-bond donors (Lipinski definition) is 1. The van der Waals surface area contributed by atoms with Gasteiger partial charge in [0, 0.05) is 21.1 Å². The summed E-state index contributed by atoms with van der Waals surface area (Å²) in [4.78, 5) is 45.9. The Morgan fingerprint density at radius 2 is 1.66 bits per heavy atom.